The molecule has 0 fully saturated rings. The van der Waals surface area contributed by atoms with Crippen molar-refractivity contribution in [2.45, 2.75) is 6.54 Å². The maximum absolute atomic E-state index is 13.1. The third kappa shape index (κ3) is 4.19. The Morgan fingerprint density at radius 1 is 1.12 bits per heavy atom. The van der Waals surface area contributed by atoms with E-state index in [2.05, 4.69) is 10.4 Å². The summed E-state index contributed by atoms with van der Waals surface area (Å²) in [4.78, 5) is 12.0. The number of anilines is 1. The molecule has 0 atom stereocenters. The third-order valence-corrected chi connectivity index (χ3v) is 3.33. The van der Waals surface area contributed by atoms with E-state index >= 15 is 0 Å². The molecule has 1 aromatic heterocycles. The molecule has 0 unspecified atom stereocenters. The van der Waals surface area contributed by atoms with Crippen LogP contribution in [0.5, 0.6) is 5.75 Å². The van der Waals surface area contributed by atoms with Crippen LogP contribution >= 0.6 is 0 Å². The van der Waals surface area contributed by atoms with Crippen LogP contribution < -0.4 is 10.1 Å². The Morgan fingerprint density at radius 3 is 2.75 bits per heavy atom. The predicted molar refractivity (Wildman–Crippen MR) is 88.3 cm³/mol. The average molecular weight is 325 g/mol. The highest BCUT2D eigenvalue weighted by Crippen LogP contribution is 2.13. The van der Waals surface area contributed by atoms with Gasteiger partial charge in [0, 0.05) is 12.1 Å². The summed E-state index contributed by atoms with van der Waals surface area (Å²) in [5.74, 6) is 0.137. The summed E-state index contributed by atoms with van der Waals surface area (Å²) < 4.78 is 20.0. The molecule has 0 aliphatic heterocycles. The molecule has 0 radical (unpaired) electrons. The standard InChI is InChI=1S/C18H16FN3O2/c19-15-7-4-8-16(11-15)24-13-18(23)21-17-9-10-20-22(17)12-14-5-2-1-3-6-14/h1-11H,12-13H2,(H,21,23). The summed E-state index contributed by atoms with van der Waals surface area (Å²) in [6.45, 7) is 0.341. The second-order valence-corrected chi connectivity index (χ2v) is 5.15. The van der Waals surface area contributed by atoms with Gasteiger partial charge in [0.25, 0.3) is 5.91 Å². The van der Waals surface area contributed by atoms with Gasteiger partial charge < -0.3 is 10.1 Å². The molecule has 0 aliphatic rings. The molecule has 0 bridgehead atoms. The van der Waals surface area contributed by atoms with Crippen molar-refractivity contribution in [1.29, 1.82) is 0 Å². The summed E-state index contributed by atoms with van der Waals surface area (Å²) in [6.07, 6.45) is 1.62. The zero-order valence-electron chi connectivity index (χ0n) is 12.9. The van der Waals surface area contributed by atoms with Crippen LogP contribution in [0.1, 0.15) is 5.56 Å². The van der Waals surface area contributed by atoms with Gasteiger partial charge in [-0.25, -0.2) is 9.07 Å². The number of hydrogen-bond acceptors (Lipinski definition) is 3. The van der Waals surface area contributed by atoms with E-state index in [1.807, 2.05) is 30.3 Å². The fraction of sp³-hybridized carbons (Fsp3) is 0.111. The molecule has 5 nitrogen and oxygen atoms in total. The third-order valence-electron chi connectivity index (χ3n) is 3.33. The number of halogens is 1. The summed E-state index contributed by atoms with van der Waals surface area (Å²) in [6, 6.07) is 17.2. The van der Waals surface area contributed by atoms with Gasteiger partial charge in [0.2, 0.25) is 0 Å². The van der Waals surface area contributed by atoms with Crippen LogP contribution in [0, 0.1) is 5.82 Å². The smallest absolute Gasteiger partial charge is 0.263 e. The molecule has 0 spiro atoms. The number of nitrogens with one attached hydrogen (secondary N) is 1. The molecule has 2 aromatic carbocycles. The second kappa shape index (κ2) is 7.41. The van der Waals surface area contributed by atoms with Gasteiger partial charge in [0.1, 0.15) is 17.4 Å². The molecule has 1 N–H and O–H groups in total. The molecule has 0 saturated carbocycles. The minimum atomic E-state index is -0.408. The van der Waals surface area contributed by atoms with Gasteiger partial charge in [-0.3, -0.25) is 4.79 Å². The van der Waals surface area contributed by atoms with E-state index in [-0.39, 0.29) is 12.5 Å². The number of carbonyl (C=O) groups excluding carboxylic acids is 1. The molecule has 6 heteroatoms. The quantitative estimate of drug-likeness (QED) is 0.758. The maximum Gasteiger partial charge on any atom is 0.263 e. The first-order valence-electron chi connectivity index (χ1n) is 7.45. The van der Waals surface area contributed by atoms with E-state index in [0.29, 0.717) is 18.1 Å². The van der Waals surface area contributed by atoms with Crippen molar-refractivity contribution in [3.05, 3.63) is 78.2 Å². The van der Waals surface area contributed by atoms with Gasteiger partial charge >= 0.3 is 0 Å². The zero-order valence-corrected chi connectivity index (χ0v) is 12.9. The number of hydrogen-bond donors (Lipinski definition) is 1. The predicted octanol–water partition coefficient (Wildman–Crippen LogP) is 3.09. The fourth-order valence-electron chi connectivity index (χ4n) is 2.21. The molecule has 122 valence electrons. The van der Waals surface area contributed by atoms with Crippen molar-refractivity contribution >= 4 is 11.7 Å². The molecule has 24 heavy (non-hydrogen) atoms. The van der Waals surface area contributed by atoms with Gasteiger partial charge in [0.05, 0.1) is 12.7 Å². The lowest BCUT2D eigenvalue weighted by Crippen LogP contribution is -2.22. The Balaban J connectivity index is 1.58. The van der Waals surface area contributed by atoms with Crippen molar-refractivity contribution < 1.29 is 13.9 Å². The highest BCUT2D eigenvalue weighted by molar-refractivity contribution is 5.91. The lowest BCUT2D eigenvalue weighted by molar-refractivity contribution is -0.118. The fourth-order valence-corrected chi connectivity index (χ4v) is 2.21. The van der Waals surface area contributed by atoms with E-state index in [0.717, 1.165) is 5.56 Å². The lowest BCUT2D eigenvalue weighted by atomic mass is 10.2. The van der Waals surface area contributed by atoms with Crippen molar-refractivity contribution in [3.8, 4) is 5.75 Å². The molecule has 0 saturated heterocycles. The SMILES string of the molecule is O=C(COc1cccc(F)c1)Nc1ccnn1Cc1ccccc1. The molecule has 0 aliphatic carbocycles. The number of nitrogens with zero attached hydrogens (tertiary/aromatic N) is 2. The van der Waals surface area contributed by atoms with Crippen LogP contribution in [-0.2, 0) is 11.3 Å². The number of ether oxygens (including phenoxy) is 1. The zero-order chi connectivity index (χ0) is 16.8. The van der Waals surface area contributed by atoms with Crippen LogP contribution in [-0.4, -0.2) is 22.3 Å². The number of benzene rings is 2. The van der Waals surface area contributed by atoms with Crippen LogP contribution in [0.15, 0.2) is 66.9 Å². The number of carbonyl (C=O) groups is 1. The minimum absolute atomic E-state index is 0.208. The molecule has 3 rings (SSSR count). The Hall–Kier alpha value is -3.15. The molecule has 3 aromatic rings. The van der Waals surface area contributed by atoms with Crippen molar-refractivity contribution in [1.82, 2.24) is 9.78 Å². The normalized spacial score (nSPS) is 10.4. The number of aromatic nitrogens is 2. The van der Waals surface area contributed by atoms with Crippen LogP contribution in [0.3, 0.4) is 0 Å². The number of amides is 1. The molecular weight excluding hydrogens is 309 g/mol. The molecule has 1 heterocycles. The van der Waals surface area contributed by atoms with E-state index in [1.54, 1.807) is 23.0 Å². The van der Waals surface area contributed by atoms with Crippen molar-refractivity contribution in [2.75, 3.05) is 11.9 Å². The summed E-state index contributed by atoms with van der Waals surface area (Å²) >= 11 is 0. The van der Waals surface area contributed by atoms with Crippen LogP contribution in [0.25, 0.3) is 0 Å². The average Bonchev–Trinajstić information content (AvgIpc) is 3.01. The van der Waals surface area contributed by atoms with Crippen LogP contribution in [0.2, 0.25) is 0 Å². The molecule has 1 amide bonds. The maximum atomic E-state index is 13.1. The minimum Gasteiger partial charge on any atom is -0.484 e. The second-order valence-electron chi connectivity index (χ2n) is 5.15. The molecular formula is C18H16FN3O2. The van der Waals surface area contributed by atoms with Gasteiger partial charge in [-0.2, -0.15) is 5.10 Å². The van der Waals surface area contributed by atoms with Gasteiger partial charge in [-0.15, -0.1) is 0 Å². The first kappa shape index (κ1) is 15.7. The van der Waals surface area contributed by atoms with E-state index in [4.69, 9.17) is 4.74 Å². The lowest BCUT2D eigenvalue weighted by Gasteiger charge is -2.10. The largest absolute Gasteiger partial charge is 0.484 e. The summed E-state index contributed by atoms with van der Waals surface area (Å²) in [5.41, 5.74) is 1.08. The topological polar surface area (TPSA) is 56.1 Å². The van der Waals surface area contributed by atoms with E-state index in [1.165, 1.54) is 18.2 Å². The number of rotatable bonds is 6. The summed E-state index contributed by atoms with van der Waals surface area (Å²) in [5, 5.41) is 6.94. The van der Waals surface area contributed by atoms with Gasteiger partial charge in [-0.05, 0) is 17.7 Å². The van der Waals surface area contributed by atoms with E-state index < -0.39 is 5.82 Å². The highest BCUT2D eigenvalue weighted by atomic mass is 19.1. The van der Waals surface area contributed by atoms with Crippen molar-refractivity contribution in [3.63, 3.8) is 0 Å². The Bertz CT molecular complexity index is 818. The van der Waals surface area contributed by atoms with Gasteiger partial charge in [-0.1, -0.05) is 36.4 Å². The first-order valence-corrected chi connectivity index (χ1v) is 7.45. The highest BCUT2D eigenvalue weighted by Gasteiger charge is 2.09. The summed E-state index contributed by atoms with van der Waals surface area (Å²) in [7, 11) is 0. The Kier molecular flexibility index (Phi) is 4.86. The Labute approximate surface area is 138 Å². The van der Waals surface area contributed by atoms with Gasteiger partial charge in [0.15, 0.2) is 6.61 Å². The van der Waals surface area contributed by atoms with Crippen LogP contribution in [0.4, 0.5) is 10.2 Å². The van der Waals surface area contributed by atoms with Crippen molar-refractivity contribution in [2.24, 2.45) is 0 Å². The monoisotopic (exact) mass is 325 g/mol. The van der Waals surface area contributed by atoms with E-state index in [9.17, 15) is 9.18 Å². The first-order chi connectivity index (χ1) is 11.7. The Morgan fingerprint density at radius 2 is 1.96 bits per heavy atom.